The lowest BCUT2D eigenvalue weighted by Gasteiger charge is -2.14. The molecule has 0 spiro atoms. The molecule has 1 atom stereocenters. The fraction of sp³-hybridized carbons (Fsp3) is 0.385. The number of imide groups is 1. The van der Waals surface area contributed by atoms with E-state index in [4.69, 9.17) is 4.74 Å². The van der Waals surface area contributed by atoms with Gasteiger partial charge in [-0.25, -0.2) is 4.79 Å². The molecular formula is C13H18N2O3. The molecule has 0 saturated carbocycles. The molecule has 3 amide bonds. The zero-order valence-electron chi connectivity index (χ0n) is 10.8. The summed E-state index contributed by atoms with van der Waals surface area (Å²) in [6.07, 6.45) is -0.727. The molecule has 18 heavy (non-hydrogen) atoms. The number of rotatable bonds is 4. The van der Waals surface area contributed by atoms with Crippen LogP contribution in [-0.4, -0.2) is 24.6 Å². The molecule has 0 fully saturated rings. The van der Waals surface area contributed by atoms with Crippen molar-refractivity contribution in [2.24, 2.45) is 0 Å². The van der Waals surface area contributed by atoms with Gasteiger partial charge in [-0.05, 0) is 32.9 Å². The van der Waals surface area contributed by atoms with Crippen molar-refractivity contribution in [1.29, 1.82) is 0 Å². The molecule has 1 rings (SSSR count). The SMILES string of the molecule is CCNC(=O)NC(=O)[C@@H](C)Oc1ccc(C)cc1. The molecule has 5 nitrogen and oxygen atoms in total. The van der Waals surface area contributed by atoms with Crippen molar-refractivity contribution in [3.05, 3.63) is 29.8 Å². The van der Waals surface area contributed by atoms with Gasteiger partial charge in [0.05, 0.1) is 0 Å². The lowest BCUT2D eigenvalue weighted by atomic mass is 10.2. The van der Waals surface area contributed by atoms with Crippen LogP contribution in [0.3, 0.4) is 0 Å². The maximum atomic E-state index is 11.6. The number of aryl methyl sites for hydroxylation is 1. The van der Waals surface area contributed by atoms with Crippen molar-refractivity contribution >= 4 is 11.9 Å². The van der Waals surface area contributed by atoms with Gasteiger partial charge in [-0.15, -0.1) is 0 Å². The van der Waals surface area contributed by atoms with Gasteiger partial charge in [0.1, 0.15) is 5.75 Å². The topological polar surface area (TPSA) is 67.4 Å². The summed E-state index contributed by atoms with van der Waals surface area (Å²) in [6, 6.07) is 6.84. The fourth-order valence-corrected chi connectivity index (χ4v) is 1.29. The first kappa shape index (κ1) is 14.0. The van der Waals surface area contributed by atoms with Crippen LogP contribution in [0.25, 0.3) is 0 Å². The van der Waals surface area contributed by atoms with Crippen molar-refractivity contribution in [2.45, 2.75) is 26.9 Å². The smallest absolute Gasteiger partial charge is 0.321 e. The maximum absolute atomic E-state index is 11.6. The standard InChI is InChI=1S/C13H18N2O3/c1-4-14-13(17)15-12(16)10(3)18-11-7-5-9(2)6-8-11/h5-8,10H,4H2,1-3H3,(H2,14,15,16,17)/t10-/m1/s1. The molecule has 98 valence electrons. The van der Waals surface area contributed by atoms with E-state index in [9.17, 15) is 9.59 Å². The number of amides is 3. The van der Waals surface area contributed by atoms with Gasteiger partial charge in [-0.2, -0.15) is 0 Å². The van der Waals surface area contributed by atoms with Crippen LogP contribution in [-0.2, 0) is 4.79 Å². The summed E-state index contributed by atoms with van der Waals surface area (Å²) in [6.45, 7) is 5.80. The number of nitrogens with one attached hydrogen (secondary N) is 2. The predicted molar refractivity (Wildman–Crippen MR) is 68.5 cm³/mol. The van der Waals surface area contributed by atoms with Gasteiger partial charge in [0.25, 0.3) is 5.91 Å². The maximum Gasteiger partial charge on any atom is 0.321 e. The van der Waals surface area contributed by atoms with Crippen LogP contribution in [0.4, 0.5) is 4.79 Å². The Labute approximate surface area is 107 Å². The molecule has 0 heterocycles. The van der Waals surface area contributed by atoms with E-state index >= 15 is 0 Å². The average Bonchev–Trinajstić information content (AvgIpc) is 2.32. The van der Waals surface area contributed by atoms with E-state index in [1.54, 1.807) is 26.0 Å². The zero-order valence-corrected chi connectivity index (χ0v) is 10.8. The summed E-state index contributed by atoms with van der Waals surface area (Å²) < 4.78 is 5.42. The number of hydrogen-bond donors (Lipinski definition) is 2. The largest absolute Gasteiger partial charge is 0.481 e. The molecule has 0 saturated heterocycles. The summed E-state index contributed by atoms with van der Waals surface area (Å²) in [5, 5.41) is 4.67. The fourth-order valence-electron chi connectivity index (χ4n) is 1.29. The van der Waals surface area contributed by atoms with E-state index in [0.717, 1.165) is 5.56 Å². The van der Waals surface area contributed by atoms with E-state index in [2.05, 4.69) is 10.6 Å². The minimum atomic E-state index is -0.727. The van der Waals surface area contributed by atoms with Crippen LogP contribution < -0.4 is 15.4 Å². The third kappa shape index (κ3) is 4.45. The Morgan fingerprint density at radius 1 is 1.28 bits per heavy atom. The molecule has 0 aliphatic carbocycles. The van der Waals surface area contributed by atoms with Gasteiger partial charge in [0.2, 0.25) is 0 Å². The second kappa shape index (κ2) is 6.64. The molecule has 1 aromatic carbocycles. The number of carbonyl (C=O) groups is 2. The highest BCUT2D eigenvalue weighted by Crippen LogP contribution is 2.13. The van der Waals surface area contributed by atoms with Gasteiger partial charge < -0.3 is 10.1 Å². The molecule has 0 aromatic heterocycles. The molecular weight excluding hydrogens is 232 g/mol. The second-order valence-corrected chi connectivity index (χ2v) is 3.92. The summed E-state index contributed by atoms with van der Waals surface area (Å²) in [7, 11) is 0. The number of carbonyl (C=O) groups excluding carboxylic acids is 2. The van der Waals surface area contributed by atoms with Gasteiger partial charge in [-0.3, -0.25) is 10.1 Å². The lowest BCUT2D eigenvalue weighted by Crippen LogP contribution is -2.45. The van der Waals surface area contributed by atoms with Crippen LogP contribution in [0.15, 0.2) is 24.3 Å². The van der Waals surface area contributed by atoms with Crippen LogP contribution in [0.2, 0.25) is 0 Å². The number of urea groups is 1. The number of benzene rings is 1. The monoisotopic (exact) mass is 250 g/mol. The first-order valence-electron chi connectivity index (χ1n) is 5.85. The summed E-state index contributed by atoms with van der Waals surface area (Å²) in [5.74, 6) is 0.126. The van der Waals surface area contributed by atoms with Gasteiger partial charge in [-0.1, -0.05) is 17.7 Å². The van der Waals surface area contributed by atoms with E-state index in [-0.39, 0.29) is 0 Å². The highest BCUT2D eigenvalue weighted by molar-refractivity contribution is 5.96. The molecule has 5 heteroatoms. The quantitative estimate of drug-likeness (QED) is 0.853. The van der Waals surface area contributed by atoms with E-state index in [0.29, 0.717) is 12.3 Å². The highest BCUT2D eigenvalue weighted by Gasteiger charge is 2.16. The van der Waals surface area contributed by atoms with E-state index < -0.39 is 18.0 Å². The molecule has 2 N–H and O–H groups in total. The third-order valence-electron chi connectivity index (χ3n) is 2.28. The lowest BCUT2D eigenvalue weighted by molar-refractivity contribution is -0.126. The van der Waals surface area contributed by atoms with Crippen molar-refractivity contribution in [3.63, 3.8) is 0 Å². The number of ether oxygens (including phenoxy) is 1. The Morgan fingerprint density at radius 2 is 1.89 bits per heavy atom. The Morgan fingerprint density at radius 3 is 2.44 bits per heavy atom. The zero-order chi connectivity index (χ0) is 13.5. The van der Waals surface area contributed by atoms with Crippen LogP contribution >= 0.6 is 0 Å². The van der Waals surface area contributed by atoms with Crippen molar-refractivity contribution in [3.8, 4) is 5.75 Å². The molecule has 0 aliphatic rings. The number of hydrogen-bond acceptors (Lipinski definition) is 3. The Hall–Kier alpha value is -2.04. The molecule has 0 radical (unpaired) electrons. The predicted octanol–water partition coefficient (Wildman–Crippen LogP) is 1.61. The summed E-state index contributed by atoms with van der Waals surface area (Å²) in [5.41, 5.74) is 1.11. The van der Waals surface area contributed by atoms with E-state index in [1.165, 1.54) is 0 Å². The average molecular weight is 250 g/mol. The third-order valence-corrected chi connectivity index (χ3v) is 2.28. The molecule has 1 aromatic rings. The first-order valence-corrected chi connectivity index (χ1v) is 5.85. The van der Waals surface area contributed by atoms with Crippen molar-refractivity contribution in [2.75, 3.05) is 6.54 Å². The molecule has 0 bridgehead atoms. The Balaban J connectivity index is 2.49. The highest BCUT2D eigenvalue weighted by atomic mass is 16.5. The molecule has 0 unspecified atom stereocenters. The van der Waals surface area contributed by atoms with Gasteiger partial charge >= 0.3 is 6.03 Å². The minimum absolute atomic E-state index is 0.465. The summed E-state index contributed by atoms with van der Waals surface area (Å²) >= 11 is 0. The van der Waals surface area contributed by atoms with Crippen molar-refractivity contribution < 1.29 is 14.3 Å². The first-order chi connectivity index (χ1) is 8.52. The van der Waals surface area contributed by atoms with E-state index in [1.807, 2.05) is 19.1 Å². The van der Waals surface area contributed by atoms with Crippen molar-refractivity contribution in [1.82, 2.24) is 10.6 Å². The van der Waals surface area contributed by atoms with Crippen LogP contribution in [0, 0.1) is 6.92 Å². The summed E-state index contributed by atoms with van der Waals surface area (Å²) in [4.78, 5) is 22.8. The minimum Gasteiger partial charge on any atom is -0.481 e. The van der Waals surface area contributed by atoms with Gasteiger partial charge in [0.15, 0.2) is 6.10 Å². The van der Waals surface area contributed by atoms with Gasteiger partial charge in [0, 0.05) is 6.54 Å². The normalized spacial score (nSPS) is 11.5. The second-order valence-electron chi connectivity index (χ2n) is 3.92. The van der Waals surface area contributed by atoms with Crippen LogP contribution in [0.1, 0.15) is 19.4 Å². The molecule has 0 aliphatic heterocycles. The Bertz CT molecular complexity index is 415. The van der Waals surface area contributed by atoms with Crippen LogP contribution in [0.5, 0.6) is 5.75 Å². The Kier molecular flexibility index (Phi) is 5.17.